The molecule has 6 nitrogen and oxygen atoms in total. The standard InChI is InChI=1S/C13H14F2N4O2/c1-21-3-2-19-7-8(6-17-19)18-13(20)9-4-10(14)11(15)5-12(9)16/h4-7H,2-3,16H2,1H3,(H,18,20). The van der Waals surface area contributed by atoms with Crippen LogP contribution in [0.3, 0.4) is 0 Å². The van der Waals surface area contributed by atoms with Crippen molar-refractivity contribution in [3.8, 4) is 0 Å². The van der Waals surface area contributed by atoms with Crippen LogP contribution in [0, 0.1) is 11.6 Å². The second-order valence-electron chi connectivity index (χ2n) is 4.29. The van der Waals surface area contributed by atoms with E-state index in [4.69, 9.17) is 10.5 Å². The normalized spacial score (nSPS) is 10.6. The van der Waals surface area contributed by atoms with Crippen LogP contribution in [0.15, 0.2) is 24.5 Å². The second kappa shape index (κ2) is 6.31. The third-order valence-corrected chi connectivity index (χ3v) is 2.75. The SMILES string of the molecule is COCCn1cc(NC(=O)c2cc(F)c(F)cc2N)cn1. The van der Waals surface area contributed by atoms with Crippen LogP contribution in [0.2, 0.25) is 0 Å². The van der Waals surface area contributed by atoms with E-state index in [-0.39, 0.29) is 11.3 Å². The van der Waals surface area contributed by atoms with E-state index in [9.17, 15) is 13.6 Å². The fourth-order valence-electron chi connectivity index (χ4n) is 1.69. The molecular formula is C13H14F2N4O2. The van der Waals surface area contributed by atoms with Crippen molar-refractivity contribution in [1.82, 2.24) is 9.78 Å². The number of nitrogen functional groups attached to an aromatic ring is 1. The molecule has 0 fully saturated rings. The number of nitrogens with two attached hydrogens (primary N) is 1. The molecule has 0 radical (unpaired) electrons. The number of methoxy groups -OCH3 is 1. The van der Waals surface area contributed by atoms with Crippen LogP contribution in [0.25, 0.3) is 0 Å². The van der Waals surface area contributed by atoms with Crippen LogP contribution in [0.4, 0.5) is 20.2 Å². The summed E-state index contributed by atoms with van der Waals surface area (Å²) in [5, 5.41) is 6.52. The zero-order chi connectivity index (χ0) is 15.4. The third kappa shape index (κ3) is 3.54. The quantitative estimate of drug-likeness (QED) is 0.822. The molecule has 8 heteroatoms. The molecule has 1 heterocycles. The molecule has 0 atom stereocenters. The van der Waals surface area contributed by atoms with Crippen LogP contribution in [0.1, 0.15) is 10.4 Å². The van der Waals surface area contributed by atoms with Gasteiger partial charge in [-0.2, -0.15) is 5.10 Å². The Morgan fingerprint density at radius 2 is 2.14 bits per heavy atom. The number of hydrogen-bond acceptors (Lipinski definition) is 4. The number of anilines is 2. The minimum absolute atomic E-state index is 0.140. The first-order valence-electron chi connectivity index (χ1n) is 6.08. The molecule has 0 aliphatic heterocycles. The molecule has 0 spiro atoms. The van der Waals surface area contributed by atoms with Gasteiger partial charge in [0.05, 0.1) is 30.6 Å². The molecule has 0 bridgehead atoms. The summed E-state index contributed by atoms with van der Waals surface area (Å²) in [6.45, 7) is 1.00. The lowest BCUT2D eigenvalue weighted by molar-refractivity contribution is 0.102. The summed E-state index contributed by atoms with van der Waals surface area (Å²) in [5.41, 5.74) is 5.65. The Morgan fingerprint density at radius 1 is 1.43 bits per heavy atom. The van der Waals surface area contributed by atoms with E-state index in [1.807, 2.05) is 0 Å². The minimum Gasteiger partial charge on any atom is -0.398 e. The first-order chi connectivity index (χ1) is 10.0. The summed E-state index contributed by atoms with van der Waals surface area (Å²) in [6, 6.07) is 1.53. The van der Waals surface area contributed by atoms with Crippen molar-refractivity contribution in [2.24, 2.45) is 0 Å². The van der Waals surface area contributed by atoms with Gasteiger partial charge in [0.25, 0.3) is 5.91 Å². The maximum Gasteiger partial charge on any atom is 0.257 e. The number of nitrogens with one attached hydrogen (secondary N) is 1. The number of rotatable bonds is 5. The largest absolute Gasteiger partial charge is 0.398 e. The Bertz CT molecular complexity index is 658. The Balaban J connectivity index is 2.11. The summed E-state index contributed by atoms with van der Waals surface area (Å²) in [4.78, 5) is 12.0. The molecule has 1 aromatic carbocycles. The van der Waals surface area contributed by atoms with Gasteiger partial charge in [-0.05, 0) is 6.07 Å². The van der Waals surface area contributed by atoms with Gasteiger partial charge in [-0.15, -0.1) is 0 Å². The summed E-state index contributed by atoms with van der Waals surface area (Å²) >= 11 is 0. The average Bonchev–Trinajstić information content (AvgIpc) is 2.88. The van der Waals surface area contributed by atoms with Crippen LogP contribution in [-0.4, -0.2) is 29.4 Å². The van der Waals surface area contributed by atoms with Gasteiger partial charge >= 0.3 is 0 Å². The van der Waals surface area contributed by atoms with Crippen molar-refractivity contribution < 1.29 is 18.3 Å². The van der Waals surface area contributed by atoms with Crippen LogP contribution < -0.4 is 11.1 Å². The summed E-state index contributed by atoms with van der Waals surface area (Å²) in [5.74, 6) is -2.88. The minimum atomic E-state index is -1.13. The lowest BCUT2D eigenvalue weighted by atomic mass is 10.1. The highest BCUT2D eigenvalue weighted by Crippen LogP contribution is 2.18. The van der Waals surface area contributed by atoms with Gasteiger partial charge in [0.15, 0.2) is 11.6 Å². The summed E-state index contributed by atoms with van der Waals surface area (Å²) in [7, 11) is 1.57. The van der Waals surface area contributed by atoms with Crippen LogP contribution in [0.5, 0.6) is 0 Å². The molecule has 112 valence electrons. The maximum absolute atomic E-state index is 13.2. The van der Waals surface area contributed by atoms with E-state index in [1.165, 1.54) is 6.20 Å². The third-order valence-electron chi connectivity index (χ3n) is 2.75. The smallest absolute Gasteiger partial charge is 0.257 e. The van der Waals surface area contributed by atoms with Gasteiger partial charge in [-0.1, -0.05) is 0 Å². The predicted molar refractivity (Wildman–Crippen MR) is 72.8 cm³/mol. The average molecular weight is 296 g/mol. The van der Waals surface area contributed by atoms with Crippen LogP contribution >= 0.6 is 0 Å². The highest BCUT2D eigenvalue weighted by molar-refractivity contribution is 6.07. The predicted octanol–water partition coefficient (Wildman–Crippen LogP) is 1.64. The Morgan fingerprint density at radius 3 is 2.86 bits per heavy atom. The molecule has 2 rings (SSSR count). The van der Waals surface area contributed by atoms with E-state index in [0.717, 1.165) is 12.1 Å². The molecule has 0 unspecified atom stereocenters. The number of amides is 1. The van der Waals surface area contributed by atoms with Crippen molar-refractivity contribution in [2.45, 2.75) is 6.54 Å². The molecular weight excluding hydrogens is 282 g/mol. The van der Waals surface area contributed by atoms with E-state index in [0.29, 0.717) is 18.8 Å². The first kappa shape index (κ1) is 14.9. The van der Waals surface area contributed by atoms with Gasteiger partial charge in [-0.3, -0.25) is 9.48 Å². The van der Waals surface area contributed by atoms with Crippen molar-refractivity contribution >= 4 is 17.3 Å². The number of carbonyl (C=O) groups excluding carboxylic acids is 1. The molecule has 3 N–H and O–H groups in total. The van der Waals surface area contributed by atoms with Gasteiger partial charge in [-0.25, -0.2) is 8.78 Å². The maximum atomic E-state index is 13.2. The van der Waals surface area contributed by atoms with Crippen molar-refractivity contribution in [1.29, 1.82) is 0 Å². The first-order valence-corrected chi connectivity index (χ1v) is 6.08. The van der Waals surface area contributed by atoms with E-state index < -0.39 is 17.5 Å². The lowest BCUT2D eigenvalue weighted by Gasteiger charge is -2.06. The van der Waals surface area contributed by atoms with Gasteiger partial charge in [0.1, 0.15) is 0 Å². The number of aromatic nitrogens is 2. The topological polar surface area (TPSA) is 82.2 Å². The molecule has 0 saturated heterocycles. The molecule has 2 aromatic rings. The molecule has 0 aliphatic rings. The summed E-state index contributed by atoms with van der Waals surface area (Å²) in [6.07, 6.45) is 3.02. The lowest BCUT2D eigenvalue weighted by Crippen LogP contribution is -2.14. The molecule has 0 saturated carbocycles. The molecule has 21 heavy (non-hydrogen) atoms. The van der Waals surface area contributed by atoms with E-state index in [2.05, 4.69) is 10.4 Å². The number of hydrogen-bond donors (Lipinski definition) is 2. The van der Waals surface area contributed by atoms with Crippen molar-refractivity contribution in [3.05, 3.63) is 41.7 Å². The number of carbonyl (C=O) groups is 1. The molecule has 0 aliphatic carbocycles. The van der Waals surface area contributed by atoms with Crippen molar-refractivity contribution in [3.63, 3.8) is 0 Å². The highest BCUT2D eigenvalue weighted by atomic mass is 19.2. The fourth-order valence-corrected chi connectivity index (χ4v) is 1.69. The summed E-state index contributed by atoms with van der Waals surface area (Å²) < 4.78 is 32.6. The zero-order valence-corrected chi connectivity index (χ0v) is 11.3. The van der Waals surface area contributed by atoms with Crippen LogP contribution in [-0.2, 0) is 11.3 Å². The number of halogens is 2. The number of nitrogens with zero attached hydrogens (tertiary/aromatic N) is 2. The van der Waals surface area contributed by atoms with Crippen molar-refractivity contribution in [2.75, 3.05) is 24.8 Å². The van der Waals surface area contributed by atoms with E-state index >= 15 is 0 Å². The zero-order valence-electron chi connectivity index (χ0n) is 11.3. The molecule has 1 aromatic heterocycles. The Kier molecular flexibility index (Phi) is 4.49. The van der Waals surface area contributed by atoms with Gasteiger partial charge < -0.3 is 15.8 Å². The molecule has 1 amide bonds. The Labute approximate surface area is 119 Å². The van der Waals surface area contributed by atoms with Gasteiger partial charge in [0.2, 0.25) is 0 Å². The second-order valence-corrected chi connectivity index (χ2v) is 4.29. The fraction of sp³-hybridized carbons (Fsp3) is 0.231. The number of benzene rings is 1. The highest BCUT2D eigenvalue weighted by Gasteiger charge is 2.15. The monoisotopic (exact) mass is 296 g/mol. The van der Waals surface area contributed by atoms with E-state index in [1.54, 1.807) is 18.0 Å². The van der Waals surface area contributed by atoms with Gasteiger partial charge in [0, 0.05) is 25.1 Å². The Hall–Kier alpha value is -2.48. The number of ether oxygens (including phenoxy) is 1.